The molecule has 0 spiro atoms. The molecule has 0 radical (unpaired) electrons. The van der Waals surface area contributed by atoms with Gasteiger partial charge in [-0.3, -0.25) is 0 Å². The van der Waals surface area contributed by atoms with Crippen LogP contribution in [-0.4, -0.2) is 19.8 Å². The molecule has 0 unspecified atom stereocenters. The van der Waals surface area contributed by atoms with Crippen LogP contribution in [0.2, 0.25) is 0 Å². The van der Waals surface area contributed by atoms with E-state index in [0.29, 0.717) is 12.2 Å². The number of rotatable bonds is 4. The molecule has 0 heterocycles. The lowest BCUT2D eigenvalue weighted by Crippen LogP contribution is -2.26. The molecular formula is C16H20N2O2S. The van der Waals surface area contributed by atoms with Crippen molar-refractivity contribution in [2.24, 2.45) is 0 Å². The molecule has 0 saturated carbocycles. The summed E-state index contributed by atoms with van der Waals surface area (Å²) in [6.07, 6.45) is 0. The standard InChI is InChI=1S/C16H20N2O2S/c1-12-7-8-14(13(2)9-12)11-18(3)21(19,20)16-6-4-5-15(17)10-16/h4-10H,11,17H2,1-3H3. The summed E-state index contributed by atoms with van der Waals surface area (Å²) in [5.41, 5.74) is 9.35. The van der Waals surface area contributed by atoms with E-state index in [-0.39, 0.29) is 4.90 Å². The summed E-state index contributed by atoms with van der Waals surface area (Å²) < 4.78 is 26.4. The van der Waals surface area contributed by atoms with E-state index >= 15 is 0 Å². The van der Waals surface area contributed by atoms with E-state index in [0.717, 1.165) is 16.7 Å². The fraction of sp³-hybridized carbons (Fsp3) is 0.250. The van der Waals surface area contributed by atoms with Gasteiger partial charge in [-0.1, -0.05) is 29.8 Å². The van der Waals surface area contributed by atoms with Crippen LogP contribution < -0.4 is 5.73 Å². The molecule has 0 fully saturated rings. The summed E-state index contributed by atoms with van der Waals surface area (Å²) in [7, 11) is -1.95. The van der Waals surface area contributed by atoms with E-state index in [2.05, 4.69) is 6.07 Å². The average Bonchev–Trinajstić information content (AvgIpc) is 2.41. The maximum Gasteiger partial charge on any atom is 0.243 e. The van der Waals surface area contributed by atoms with Crippen molar-refractivity contribution in [3.05, 3.63) is 59.2 Å². The highest BCUT2D eigenvalue weighted by Crippen LogP contribution is 2.20. The van der Waals surface area contributed by atoms with E-state index in [9.17, 15) is 8.42 Å². The third-order valence-electron chi connectivity index (χ3n) is 3.46. The van der Waals surface area contributed by atoms with Crippen LogP contribution in [0.1, 0.15) is 16.7 Å². The second-order valence-corrected chi connectivity index (χ2v) is 7.31. The second kappa shape index (κ2) is 5.87. The van der Waals surface area contributed by atoms with Gasteiger partial charge in [-0.05, 0) is 43.2 Å². The lowest BCUT2D eigenvalue weighted by molar-refractivity contribution is 0.466. The Morgan fingerprint density at radius 2 is 1.81 bits per heavy atom. The summed E-state index contributed by atoms with van der Waals surface area (Å²) in [5, 5.41) is 0. The first-order valence-corrected chi connectivity index (χ1v) is 8.13. The van der Waals surface area contributed by atoms with Crippen LogP contribution >= 0.6 is 0 Å². The van der Waals surface area contributed by atoms with E-state index in [1.807, 2.05) is 26.0 Å². The molecule has 21 heavy (non-hydrogen) atoms. The SMILES string of the molecule is Cc1ccc(CN(C)S(=O)(=O)c2cccc(N)c2)c(C)c1. The lowest BCUT2D eigenvalue weighted by Gasteiger charge is -2.19. The molecule has 5 heteroatoms. The fourth-order valence-electron chi connectivity index (χ4n) is 2.20. The van der Waals surface area contributed by atoms with Gasteiger partial charge in [0.15, 0.2) is 0 Å². The third kappa shape index (κ3) is 3.43. The maximum atomic E-state index is 12.5. The highest BCUT2D eigenvalue weighted by molar-refractivity contribution is 7.89. The number of nitrogens with zero attached hydrogens (tertiary/aromatic N) is 1. The number of nitrogen functional groups attached to an aromatic ring is 1. The van der Waals surface area contributed by atoms with Crippen LogP contribution in [0.4, 0.5) is 5.69 Å². The van der Waals surface area contributed by atoms with Gasteiger partial charge in [-0.15, -0.1) is 0 Å². The van der Waals surface area contributed by atoms with Crippen molar-refractivity contribution in [1.29, 1.82) is 0 Å². The minimum absolute atomic E-state index is 0.217. The van der Waals surface area contributed by atoms with Crippen LogP contribution in [0.5, 0.6) is 0 Å². The number of sulfonamides is 1. The lowest BCUT2D eigenvalue weighted by atomic mass is 10.1. The largest absolute Gasteiger partial charge is 0.399 e. The van der Waals surface area contributed by atoms with Crippen LogP contribution in [0.3, 0.4) is 0 Å². The van der Waals surface area contributed by atoms with Gasteiger partial charge in [0, 0.05) is 19.3 Å². The first kappa shape index (κ1) is 15.5. The normalized spacial score (nSPS) is 11.8. The summed E-state index contributed by atoms with van der Waals surface area (Å²) in [4.78, 5) is 0.217. The van der Waals surface area contributed by atoms with Gasteiger partial charge in [-0.25, -0.2) is 8.42 Å². The monoisotopic (exact) mass is 304 g/mol. The van der Waals surface area contributed by atoms with Crippen molar-refractivity contribution in [3.63, 3.8) is 0 Å². The summed E-state index contributed by atoms with van der Waals surface area (Å²) in [5.74, 6) is 0. The molecule has 112 valence electrons. The van der Waals surface area contributed by atoms with Gasteiger partial charge < -0.3 is 5.73 Å². The van der Waals surface area contributed by atoms with Crippen molar-refractivity contribution >= 4 is 15.7 Å². The smallest absolute Gasteiger partial charge is 0.243 e. The van der Waals surface area contributed by atoms with Gasteiger partial charge >= 0.3 is 0 Å². The van der Waals surface area contributed by atoms with Gasteiger partial charge in [0.25, 0.3) is 0 Å². The van der Waals surface area contributed by atoms with E-state index < -0.39 is 10.0 Å². The molecule has 2 aromatic carbocycles. The molecular weight excluding hydrogens is 284 g/mol. The van der Waals surface area contributed by atoms with Crippen molar-refractivity contribution in [2.45, 2.75) is 25.3 Å². The molecule has 2 rings (SSSR count). The summed E-state index contributed by atoms with van der Waals surface area (Å²) in [6, 6.07) is 12.4. The molecule has 4 nitrogen and oxygen atoms in total. The van der Waals surface area contributed by atoms with Gasteiger partial charge in [0.2, 0.25) is 10.0 Å². The molecule has 0 amide bonds. The van der Waals surface area contributed by atoms with E-state index in [1.54, 1.807) is 25.2 Å². The highest BCUT2D eigenvalue weighted by Gasteiger charge is 2.21. The Balaban J connectivity index is 2.28. The number of hydrogen-bond donors (Lipinski definition) is 1. The zero-order valence-electron chi connectivity index (χ0n) is 12.5. The summed E-state index contributed by atoms with van der Waals surface area (Å²) in [6.45, 7) is 4.34. The second-order valence-electron chi connectivity index (χ2n) is 5.26. The molecule has 0 bridgehead atoms. The Morgan fingerprint density at radius 1 is 1.10 bits per heavy atom. The predicted molar refractivity (Wildman–Crippen MR) is 85.4 cm³/mol. The van der Waals surface area contributed by atoms with Crippen molar-refractivity contribution in [3.8, 4) is 0 Å². The zero-order chi connectivity index (χ0) is 15.6. The predicted octanol–water partition coefficient (Wildman–Crippen LogP) is 2.71. The molecule has 2 aromatic rings. The van der Waals surface area contributed by atoms with Crippen LogP contribution in [0.25, 0.3) is 0 Å². The van der Waals surface area contributed by atoms with Gasteiger partial charge in [0.05, 0.1) is 4.90 Å². The number of aryl methyl sites for hydroxylation is 2. The molecule has 0 aliphatic heterocycles. The summed E-state index contributed by atoms with van der Waals surface area (Å²) >= 11 is 0. The molecule has 0 aromatic heterocycles. The highest BCUT2D eigenvalue weighted by atomic mass is 32.2. The third-order valence-corrected chi connectivity index (χ3v) is 5.26. The minimum atomic E-state index is -3.53. The fourth-order valence-corrected chi connectivity index (χ4v) is 3.41. The maximum absolute atomic E-state index is 12.5. The van der Waals surface area contributed by atoms with E-state index in [4.69, 9.17) is 5.73 Å². The van der Waals surface area contributed by atoms with Crippen molar-refractivity contribution in [2.75, 3.05) is 12.8 Å². The van der Waals surface area contributed by atoms with E-state index in [1.165, 1.54) is 10.4 Å². The first-order valence-electron chi connectivity index (χ1n) is 6.69. The molecule has 0 aliphatic rings. The Morgan fingerprint density at radius 3 is 2.43 bits per heavy atom. The van der Waals surface area contributed by atoms with Gasteiger partial charge in [0.1, 0.15) is 0 Å². The average molecular weight is 304 g/mol. The Bertz CT molecular complexity index is 755. The van der Waals surface area contributed by atoms with Crippen LogP contribution in [-0.2, 0) is 16.6 Å². The number of hydrogen-bond acceptors (Lipinski definition) is 3. The first-order chi connectivity index (χ1) is 9.80. The Labute approximate surface area is 126 Å². The Hall–Kier alpha value is -1.85. The van der Waals surface area contributed by atoms with Crippen molar-refractivity contribution in [1.82, 2.24) is 4.31 Å². The number of benzene rings is 2. The quantitative estimate of drug-likeness (QED) is 0.883. The minimum Gasteiger partial charge on any atom is -0.399 e. The van der Waals surface area contributed by atoms with Crippen molar-refractivity contribution < 1.29 is 8.42 Å². The number of anilines is 1. The topological polar surface area (TPSA) is 63.4 Å². The molecule has 0 aliphatic carbocycles. The molecule has 2 N–H and O–H groups in total. The molecule has 0 saturated heterocycles. The van der Waals surface area contributed by atoms with Crippen LogP contribution in [0.15, 0.2) is 47.4 Å². The van der Waals surface area contributed by atoms with Gasteiger partial charge in [-0.2, -0.15) is 4.31 Å². The number of nitrogens with two attached hydrogens (primary N) is 1. The van der Waals surface area contributed by atoms with Crippen LogP contribution in [0, 0.1) is 13.8 Å². The Kier molecular flexibility index (Phi) is 4.34. The zero-order valence-corrected chi connectivity index (χ0v) is 13.3. The molecule has 0 atom stereocenters.